The molecule has 0 aromatic heterocycles. The van der Waals surface area contributed by atoms with Crippen molar-refractivity contribution in [1.82, 2.24) is 5.32 Å². The van der Waals surface area contributed by atoms with Gasteiger partial charge in [0.1, 0.15) is 6.10 Å². The molecule has 0 saturated heterocycles. The van der Waals surface area contributed by atoms with Gasteiger partial charge in [-0.2, -0.15) is 0 Å². The minimum atomic E-state index is -1.10. The number of amides is 1. The molecule has 332 valence electrons. The second-order valence-corrected chi connectivity index (χ2v) is 17.4. The molecule has 5 heteroatoms. The number of carbonyl (C=O) groups is 1. The number of carbonyl (C=O) groups excluding carboxylic acids is 1. The fraction of sp³-hybridized carbons (Fsp3) is 0.902. The Kier molecular flexibility index (Phi) is 45.5. The predicted molar refractivity (Wildman–Crippen MR) is 245 cm³/mol. The van der Waals surface area contributed by atoms with Crippen molar-refractivity contribution in [1.29, 1.82) is 0 Å². The minimum absolute atomic E-state index is 0.363. The fourth-order valence-electron chi connectivity index (χ4n) is 7.83. The van der Waals surface area contributed by atoms with Crippen molar-refractivity contribution in [2.75, 3.05) is 6.61 Å². The molecular weight excluding hydrogens is 691 g/mol. The van der Waals surface area contributed by atoms with Gasteiger partial charge >= 0.3 is 0 Å². The number of hydrogen-bond acceptors (Lipinski definition) is 4. The van der Waals surface area contributed by atoms with Gasteiger partial charge in [0.25, 0.3) is 0 Å². The number of rotatable bonds is 46. The van der Waals surface area contributed by atoms with E-state index in [1.807, 2.05) is 6.08 Å². The van der Waals surface area contributed by atoms with Crippen molar-refractivity contribution in [3.8, 4) is 0 Å². The second kappa shape index (κ2) is 46.5. The highest BCUT2D eigenvalue weighted by Crippen LogP contribution is 2.16. The lowest BCUT2D eigenvalue weighted by Crippen LogP contribution is -2.48. The largest absolute Gasteiger partial charge is 0.394 e. The van der Waals surface area contributed by atoms with Crippen LogP contribution in [0.5, 0.6) is 0 Å². The van der Waals surface area contributed by atoms with Crippen LogP contribution in [0.4, 0.5) is 0 Å². The standard InChI is InChI=1S/C51H99NO4/c1-3-5-7-9-11-13-15-17-19-21-23-25-26-28-29-31-33-35-37-39-41-43-45-49(54)48(47-53)52-51(56)50(55)46-44-42-40-38-36-34-32-30-27-24-22-20-18-16-14-12-10-8-6-4-2/h27,30,43,45,48-50,53-55H,3-26,28-29,31-42,44,46-47H2,1-2H3,(H,52,56)/b30-27-,45-43+. The topological polar surface area (TPSA) is 89.8 Å². The summed E-state index contributed by atoms with van der Waals surface area (Å²) >= 11 is 0. The van der Waals surface area contributed by atoms with Gasteiger partial charge in [0.2, 0.25) is 5.91 Å². The van der Waals surface area contributed by atoms with Gasteiger partial charge in [0.15, 0.2) is 0 Å². The lowest BCUT2D eigenvalue weighted by molar-refractivity contribution is -0.131. The summed E-state index contributed by atoms with van der Waals surface area (Å²) in [6, 6.07) is -0.799. The molecule has 4 N–H and O–H groups in total. The monoisotopic (exact) mass is 790 g/mol. The molecule has 5 nitrogen and oxygen atoms in total. The zero-order valence-electron chi connectivity index (χ0n) is 37.8. The zero-order chi connectivity index (χ0) is 40.8. The molecule has 56 heavy (non-hydrogen) atoms. The number of nitrogens with one attached hydrogen (secondary N) is 1. The maximum absolute atomic E-state index is 12.5. The Balaban J connectivity index is 3.62. The first-order chi connectivity index (χ1) is 27.6. The van der Waals surface area contributed by atoms with E-state index in [1.54, 1.807) is 6.08 Å². The van der Waals surface area contributed by atoms with Gasteiger partial charge in [-0.1, -0.05) is 250 Å². The number of hydrogen-bond donors (Lipinski definition) is 4. The molecule has 0 spiro atoms. The smallest absolute Gasteiger partial charge is 0.249 e. The van der Waals surface area contributed by atoms with Crippen LogP contribution >= 0.6 is 0 Å². The molecule has 0 heterocycles. The molecule has 1 amide bonds. The highest BCUT2D eigenvalue weighted by atomic mass is 16.3. The molecular formula is C51H99NO4. The van der Waals surface area contributed by atoms with Crippen molar-refractivity contribution < 1.29 is 20.1 Å². The van der Waals surface area contributed by atoms with Crippen molar-refractivity contribution in [2.24, 2.45) is 0 Å². The van der Waals surface area contributed by atoms with Crippen LogP contribution in [-0.4, -0.2) is 46.1 Å². The number of aliphatic hydroxyl groups excluding tert-OH is 3. The predicted octanol–water partition coefficient (Wildman–Crippen LogP) is 14.9. The summed E-state index contributed by atoms with van der Waals surface area (Å²) in [5.74, 6) is -0.504. The van der Waals surface area contributed by atoms with E-state index < -0.39 is 24.2 Å². The summed E-state index contributed by atoms with van der Waals surface area (Å²) in [5, 5.41) is 33.3. The van der Waals surface area contributed by atoms with Gasteiger partial charge in [0.05, 0.1) is 18.8 Å². The molecule has 0 rings (SSSR count). The number of unbranched alkanes of at least 4 members (excludes halogenated alkanes) is 36. The van der Waals surface area contributed by atoms with E-state index in [0.717, 1.165) is 32.1 Å². The van der Waals surface area contributed by atoms with Crippen LogP contribution in [0.15, 0.2) is 24.3 Å². The molecule has 0 fully saturated rings. The second-order valence-electron chi connectivity index (χ2n) is 17.4. The third-order valence-corrected chi connectivity index (χ3v) is 11.8. The SMILES string of the molecule is CCCCCCCCCCCC/C=C\CCCCCCCCC(O)C(=O)NC(CO)C(O)/C=C/CCCCCCCCCCCCCCCCCCCCCC. The summed E-state index contributed by atoms with van der Waals surface area (Å²) in [7, 11) is 0. The van der Waals surface area contributed by atoms with Crippen molar-refractivity contribution in [3.63, 3.8) is 0 Å². The number of aliphatic hydroxyl groups is 3. The van der Waals surface area contributed by atoms with Crippen LogP contribution < -0.4 is 5.32 Å². The maximum atomic E-state index is 12.5. The van der Waals surface area contributed by atoms with E-state index in [4.69, 9.17) is 0 Å². The molecule has 3 unspecified atom stereocenters. The average molecular weight is 790 g/mol. The molecule has 0 radical (unpaired) electrons. The minimum Gasteiger partial charge on any atom is -0.394 e. The molecule has 0 aliphatic carbocycles. The summed E-state index contributed by atoms with van der Waals surface area (Å²) in [6.07, 6.45) is 58.0. The molecule has 0 aromatic carbocycles. The van der Waals surface area contributed by atoms with E-state index >= 15 is 0 Å². The van der Waals surface area contributed by atoms with E-state index in [1.165, 1.54) is 218 Å². The van der Waals surface area contributed by atoms with Crippen LogP contribution in [0.2, 0.25) is 0 Å². The Morgan fingerprint density at radius 2 is 0.714 bits per heavy atom. The normalized spacial score (nSPS) is 13.6. The molecule has 0 aliphatic heterocycles. The van der Waals surface area contributed by atoms with Gasteiger partial charge in [-0.3, -0.25) is 4.79 Å². The van der Waals surface area contributed by atoms with Crippen LogP contribution in [-0.2, 0) is 4.79 Å². The first-order valence-electron chi connectivity index (χ1n) is 25.2. The first kappa shape index (κ1) is 54.8. The Bertz CT molecular complexity index is 829. The van der Waals surface area contributed by atoms with Gasteiger partial charge in [-0.15, -0.1) is 0 Å². The lowest BCUT2D eigenvalue weighted by Gasteiger charge is -2.21. The Morgan fingerprint density at radius 3 is 1.04 bits per heavy atom. The van der Waals surface area contributed by atoms with Gasteiger partial charge < -0.3 is 20.6 Å². The van der Waals surface area contributed by atoms with Crippen molar-refractivity contribution in [2.45, 2.75) is 289 Å². The highest BCUT2D eigenvalue weighted by molar-refractivity contribution is 5.80. The Morgan fingerprint density at radius 1 is 0.429 bits per heavy atom. The Labute approximate surface area is 350 Å². The molecule has 0 aromatic rings. The van der Waals surface area contributed by atoms with Gasteiger partial charge in [-0.05, 0) is 44.9 Å². The van der Waals surface area contributed by atoms with E-state index in [0.29, 0.717) is 6.42 Å². The van der Waals surface area contributed by atoms with Gasteiger partial charge in [-0.25, -0.2) is 0 Å². The summed E-state index contributed by atoms with van der Waals surface area (Å²) in [5.41, 5.74) is 0. The van der Waals surface area contributed by atoms with Crippen molar-refractivity contribution in [3.05, 3.63) is 24.3 Å². The van der Waals surface area contributed by atoms with E-state index in [-0.39, 0.29) is 6.61 Å². The van der Waals surface area contributed by atoms with Crippen LogP contribution in [0.25, 0.3) is 0 Å². The molecule has 3 atom stereocenters. The summed E-state index contributed by atoms with van der Waals surface area (Å²) < 4.78 is 0. The fourth-order valence-corrected chi connectivity index (χ4v) is 7.83. The van der Waals surface area contributed by atoms with Crippen LogP contribution in [0.1, 0.15) is 271 Å². The third kappa shape index (κ3) is 41.0. The van der Waals surface area contributed by atoms with Crippen LogP contribution in [0, 0.1) is 0 Å². The Hall–Kier alpha value is -1.17. The van der Waals surface area contributed by atoms with Crippen molar-refractivity contribution >= 4 is 5.91 Å². The lowest BCUT2D eigenvalue weighted by atomic mass is 10.0. The quantitative estimate of drug-likeness (QED) is 0.0365. The third-order valence-electron chi connectivity index (χ3n) is 11.8. The molecule has 0 bridgehead atoms. The number of allylic oxidation sites excluding steroid dienone is 3. The average Bonchev–Trinajstić information content (AvgIpc) is 3.20. The zero-order valence-corrected chi connectivity index (χ0v) is 37.8. The van der Waals surface area contributed by atoms with E-state index in [9.17, 15) is 20.1 Å². The summed E-state index contributed by atoms with van der Waals surface area (Å²) in [6.45, 7) is 4.21. The van der Waals surface area contributed by atoms with Crippen LogP contribution in [0.3, 0.4) is 0 Å². The first-order valence-corrected chi connectivity index (χ1v) is 25.2. The highest BCUT2D eigenvalue weighted by Gasteiger charge is 2.22. The summed E-state index contributed by atoms with van der Waals surface area (Å²) in [4.78, 5) is 12.5. The van der Waals surface area contributed by atoms with Gasteiger partial charge in [0, 0.05) is 0 Å². The maximum Gasteiger partial charge on any atom is 0.249 e. The molecule has 0 aliphatic rings. The van der Waals surface area contributed by atoms with E-state index in [2.05, 4.69) is 31.3 Å². The molecule has 0 saturated carbocycles.